The fourth-order valence-electron chi connectivity index (χ4n) is 2.56. The summed E-state index contributed by atoms with van der Waals surface area (Å²) in [6.45, 7) is 7.12. The second kappa shape index (κ2) is 8.13. The van der Waals surface area contributed by atoms with Gasteiger partial charge in [0.15, 0.2) is 17.5 Å². The van der Waals surface area contributed by atoms with Gasteiger partial charge in [0.05, 0.1) is 16.1 Å². The van der Waals surface area contributed by atoms with E-state index in [1.165, 1.54) is 42.5 Å². The highest BCUT2D eigenvalue weighted by molar-refractivity contribution is 5.76. The number of phenolic OH excluding ortho intramolecular Hbond substituents is 1. The number of phenols is 1. The van der Waals surface area contributed by atoms with E-state index in [1.807, 2.05) is 0 Å². The highest BCUT2D eigenvalue weighted by atomic mass is 16.6. The Morgan fingerprint density at radius 1 is 1.03 bits per heavy atom. The van der Waals surface area contributed by atoms with Gasteiger partial charge in [-0.05, 0) is 30.3 Å². The lowest BCUT2D eigenvalue weighted by atomic mass is 10.1. The van der Waals surface area contributed by atoms with Gasteiger partial charge in [-0.25, -0.2) is 15.0 Å². The molecule has 0 fully saturated rings. The number of allylic oxidation sites excluding steroid dienone is 3. The molecule has 8 nitrogen and oxygen atoms in total. The van der Waals surface area contributed by atoms with Gasteiger partial charge in [0, 0.05) is 17.7 Å². The van der Waals surface area contributed by atoms with Crippen LogP contribution in [0.25, 0.3) is 28.3 Å². The van der Waals surface area contributed by atoms with E-state index >= 15 is 0 Å². The molecule has 2 aromatic carbocycles. The largest absolute Gasteiger partial charge is 0.508 e. The van der Waals surface area contributed by atoms with Crippen molar-refractivity contribution in [2.24, 2.45) is 0 Å². The normalized spacial score (nSPS) is 11.1. The van der Waals surface area contributed by atoms with Crippen LogP contribution in [0.1, 0.15) is 5.82 Å². The monoisotopic (exact) mass is 388 g/mol. The molecule has 8 heteroatoms. The van der Waals surface area contributed by atoms with Crippen LogP contribution in [-0.4, -0.2) is 30.1 Å². The van der Waals surface area contributed by atoms with E-state index in [0.717, 1.165) is 0 Å². The Morgan fingerprint density at radius 2 is 1.69 bits per heavy atom. The minimum Gasteiger partial charge on any atom is -0.508 e. The van der Waals surface area contributed by atoms with Crippen molar-refractivity contribution in [1.29, 1.82) is 0 Å². The van der Waals surface area contributed by atoms with E-state index in [4.69, 9.17) is 0 Å². The van der Waals surface area contributed by atoms with Crippen molar-refractivity contribution >= 4 is 11.3 Å². The van der Waals surface area contributed by atoms with Crippen molar-refractivity contribution in [3.05, 3.63) is 95.5 Å². The number of hydrogen-bond acceptors (Lipinski definition) is 7. The Hall–Kier alpha value is -4.33. The second-order valence-electron chi connectivity index (χ2n) is 5.89. The fraction of sp³-hybridized carbons (Fsp3) is 0. The minimum absolute atomic E-state index is 0.0311. The Bertz CT molecular complexity index is 1140. The summed E-state index contributed by atoms with van der Waals surface area (Å²) in [6, 6.07) is 12.2. The SMILES string of the molecule is C=C/C=C(\C(=C)O)c1nc(-c2ccc([N+](=O)[O-])cc2)nc(-c2ccccc2O)n1. The number of nitro groups is 1. The van der Waals surface area contributed by atoms with Gasteiger partial charge in [0.25, 0.3) is 5.69 Å². The maximum Gasteiger partial charge on any atom is 0.269 e. The van der Waals surface area contributed by atoms with E-state index in [2.05, 4.69) is 28.1 Å². The van der Waals surface area contributed by atoms with Crippen LogP contribution in [0.15, 0.2) is 79.6 Å². The third-order valence-electron chi connectivity index (χ3n) is 3.95. The van der Waals surface area contributed by atoms with Crippen LogP contribution in [0.3, 0.4) is 0 Å². The van der Waals surface area contributed by atoms with Crippen LogP contribution < -0.4 is 0 Å². The van der Waals surface area contributed by atoms with Crippen LogP contribution in [0, 0.1) is 10.1 Å². The third kappa shape index (κ3) is 4.16. The standard InChI is InChI=1S/C21H16N4O4/c1-3-6-16(13(2)26)20-22-19(14-9-11-15(12-10-14)25(28)29)23-21(24-20)17-7-4-5-8-18(17)27/h3-12,26-27H,1-2H2/b16-6+. The molecule has 1 heterocycles. The van der Waals surface area contributed by atoms with Gasteiger partial charge in [-0.15, -0.1) is 0 Å². The number of nitrogens with zero attached hydrogens (tertiary/aromatic N) is 4. The zero-order chi connectivity index (χ0) is 21.0. The number of aliphatic hydroxyl groups excluding tert-OH is 1. The lowest BCUT2D eigenvalue weighted by Gasteiger charge is -2.10. The third-order valence-corrected chi connectivity index (χ3v) is 3.95. The molecule has 29 heavy (non-hydrogen) atoms. The predicted molar refractivity (Wildman–Crippen MR) is 109 cm³/mol. The predicted octanol–water partition coefficient (Wildman–Crippen LogP) is 4.46. The van der Waals surface area contributed by atoms with Crippen molar-refractivity contribution in [3.63, 3.8) is 0 Å². The van der Waals surface area contributed by atoms with E-state index in [1.54, 1.807) is 18.2 Å². The summed E-state index contributed by atoms with van der Waals surface area (Å²) in [4.78, 5) is 23.5. The fourth-order valence-corrected chi connectivity index (χ4v) is 2.56. The van der Waals surface area contributed by atoms with Crippen LogP contribution in [0.5, 0.6) is 5.75 Å². The molecule has 0 amide bonds. The zero-order valence-electron chi connectivity index (χ0n) is 15.2. The molecule has 3 aromatic rings. The first-order valence-corrected chi connectivity index (χ1v) is 8.41. The summed E-state index contributed by atoms with van der Waals surface area (Å²) < 4.78 is 0. The smallest absolute Gasteiger partial charge is 0.269 e. The summed E-state index contributed by atoms with van der Waals surface area (Å²) in [5.74, 6) is 0.182. The van der Waals surface area contributed by atoms with Crippen LogP contribution in [0.4, 0.5) is 5.69 Å². The highest BCUT2D eigenvalue weighted by Crippen LogP contribution is 2.29. The van der Waals surface area contributed by atoms with Crippen molar-refractivity contribution in [3.8, 4) is 28.5 Å². The second-order valence-corrected chi connectivity index (χ2v) is 5.89. The molecule has 0 saturated heterocycles. The lowest BCUT2D eigenvalue weighted by Crippen LogP contribution is -2.04. The van der Waals surface area contributed by atoms with Gasteiger partial charge < -0.3 is 10.2 Å². The number of hydrogen-bond donors (Lipinski definition) is 2. The zero-order valence-corrected chi connectivity index (χ0v) is 15.2. The lowest BCUT2D eigenvalue weighted by molar-refractivity contribution is -0.384. The number of aliphatic hydroxyl groups is 1. The van der Waals surface area contributed by atoms with Crippen molar-refractivity contribution in [2.75, 3.05) is 0 Å². The topological polar surface area (TPSA) is 122 Å². The number of rotatable bonds is 6. The number of nitro benzene ring substituents is 1. The van der Waals surface area contributed by atoms with E-state index in [-0.39, 0.29) is 40.2 Å². The molecule has 2 N–H and O–H groups in total. The minimum atomic E-state index is -0.503. The first-order valence-electron chi connectivity index (χ1n) is 8.41. The molecule has 0 aliphatic rings. The molecule has 0 saturated carbocycles. The summed E-state index contributed by atoms with van der Waals surface area (Å²) >= 11 is 0. The molecule has 0 bridgehead atoms. The molecule has 0 unspecified atom stereocenters. The van der Waals surface area contributed by atoms with Crippen molar-refractivity contribution < 1.29 is 15.1 Å². The van der Waals surface area contributed by atoms with Gasteiger partial charge in [-0.2, -0.15) is 0 Å². The van der Waals surface area contributed by atoms with Crippen molar-refractivity contribution in [1.82, 2.24) is 15.0 Å². The van der Waals surface area contributed by atoms with E-state index < -0.39 is 4.92 Å². The van der Waals surface area contributed by atoms with Gasteiger partial charge in [-0.1, -0.05) is 31.4 Å². The highest BCUT2D eigenvalue weighted by Gasteiger charge is 2.17. The van der Waals surface area contributed by atoms with Gasteiger partial charge in [0.1, 0.15) is 11.5 Å². The van der Waals surface area contributed by atoms with Gasteiger partial charge in [-0.3, -0.25) is 10.1 Å². The number of aromatic nitrogens is 3. The summed E-state index contributed by atoms with van der Waals surface area (Å²) in [7, 11) is 0. The van der Waals surface area contributed by atoms with Crippen LogP contribution >= 0.6 is 0 Å². The average molecular weight is 388 g/mol. The summed E-state index contributed by atoms with van der Waals surface area (Å²) in [5, 5.41) is 31.0. The van der Waals surface area contributed by atoms with Crippen LogP contribution in [-0.2, 0) is 0 Å². The Labute approximate surface area is 166 Å². The Kier molecular flexibility index (Phi) is 5.45. The maximum atomic E-state index is 10.9. The van der Waals surface area contributed by atoms with Gasteiger partial charge >= 0.3 is 0 Å². The van der Waals surface area contributed by atoms with E-state index in [9.17, 15) is 20.3 Å². The molecule has 0 radical (unpaired) electrons. The molecule has 0 atom stereocenters. The molecule has 0 aliphatic heterocycles. The first kappa shape index (κ1) is 19.4. The molecule has 1 aromatic heterocycles. The Balaban J connectivity index is 2.24. The molecule has 144 valence electrons. The summed E-state index contributed by atoms with van der Waals surface area (Å²) in [6.07, 6.45) is 2.94. The number of aromatic hydroxyl groups is 1. The molecule has 0 spiro atoms. The molecular formula is C21H16N4O4. The average Bonchev–Trinajstić information content (AvgIpc) is 2.71. The number of para-hydroxylation sites is 1. The van der Waals surface area contributed by atoms with E-state index in [0.29, 0.717) is 11.1 Å². The number of non-ortho nitro benzene ring substituents is 1. The Morgan fingerprint density at radius 3 is 2.28 bits per heavy atom. The van der Waals surface area contributed by atoms with Crippen LogP contribution in [0.2, 0.25) is 0 Å². The first-order chi connectivity index (χ1) is 13.9. The number of benzene rings is 2. The molecule has 0 aliphatic carbocycles. The molecule has 3 rings (SSSR count). The maximum absolute atomic E-state index is 10.9. The van der Waals surface area contributed by atoms with Crippen molar-refractivity contribution in [2.45, 2.75) is 0 Å². The quantitative estimate of drug-likeness (QED) is 0.277. The summed E-state index contributed by atoms with van der Waals surface area (Å²) in [5.41, 5.74) is 1.01. The molecular weight excluding hydrogens is 372 g/mol. The van der Waals surface area contributed by atoms with Gasteiger partial charge in [0.2, 0.25) is 0 Å².